The van der Waals surface area contributed by atoms with Crippen LogP contribution in [0.15, 0.2) is 48.5 Å². The first-order valence-corrected chi connectivity index (χ1v) is 10.6. The van der Waals surface area contributed by atoms with Gasteiger partial charge in [-0.15, -0.1) is 10.2 Å². The van der Waals surface area contributed by atoms with Crippen LogP contribution in [0.25, 0.3) is 0 Å². The summed E-state index contributed by atoms with van der Waals surface area (Å²) in [6.45, 7) is 1.12. The van der Waals surface area contributed by atoms with Crippen LogP contribution in [-0.4, -0.2) is 40.0 Å². The first kappa shape index (κ1) is 20.4. The van der Waals surface area contributed by atoms with Gasteiger partial charge < -0.3 is 10.2 Å². The summed E-state index contributed by atoms with van der Waals surface area (Å²) in [5.74, 6) is -0.833. The van der Waals surface area contributed by atoms with Crippen LogP contribution in [0.4, 0.5) is 10.1 Å². The molecule has 9 heteroatoms. The van der Waals surface area contributed by atoms with E-state index in [-0.39, 0.29) is 28.6 Å². The molecule has 1 fully saturated rings. The fourth-order valence-corrected chi connectivity index (χ4v) is 4.34. The van der Waals surface area contributed by atoms with Crippen molar-refractivity contribution in [3.8, 4) is 0 Å². The van der Waals surface area contributed by atoms with E-state index in [9.17, 15) is 14.0 Å². The van der Waals surface area contributed by atoms with Crippen molar-refractivity contribution in [3.05, 3.63) is 74.9 Å². The Hall–Kier alpha value is -2.84. The van der Waals surface area contributed by atoms with Gasteiger partial charge in [-0.05, 0) is 61.4 Å². The van der Waals surface area contributed by atoms with Crippen molar-refractivity contribution < 1.29 is 14.0 Å². The summed E-state index contributed by atoms with van der Waals surface area (Å²) >= 11 is 7.09. The highest BCUT2D eigenvalue weighted by molar-refractivity contribution is 7.13. The quantitative estimate of drug-likeness (QED) is 0.638. The summed E-state index contributed by atoms with van der Waals surface area (Å²) < 4.78 is 13.1. The van der Waals surface area contributed by atoms with Crippen LogP contribution in [0.5, 0.6) is 0 Å². The molecule has 30 heavy (non-hydrogen) atoms. The number of amides is 2. The van der Waals surface area contributed by atoms with Crippen LogP contribution >= 0.6 is 22.9 Å². The smallest absolute Gasteiger partial charge is 0.286 e. The summed E-state index contributed by atoms with van der Waals surface area (Å²) in [7, 11) is 0. The molecule has 1 saturated heterocycles. The Morgan fingerprint density at radius 1 is 1.10 bits per heavy atom. The number of nitrogens with one attached hydrogen (secondary N) is 1. The molecule has 2 heterocycles. The molecule has 3 aromatic rings. The van der Waals surface area contributed by atoms with E-state index in [2.05, 4.69) is 15.5 Å². The van der Waals surface area contributed by atoms with Crippen molar-refractivity contribution >= 4 is 40.4 Å². The molecule has 6 nitrogen and oxygen atoms in total. The lowest BCUT2D eigenvalue weighted by atomic mass is 9.98. The fourth-order valence-electron chi connectivity index (χ4n) is 3.35. The standard InChI is InChI=1S/C21H18ClFN4O2S/c22-15-5-9-17(10-6-15)24-18(28)20-26-25-19(30-20)14-2-1-11-27(12-14)21(29)13-3-7-16(23)8-4-13/h3-10,14H,1-2,11-12H2,(H,24,28). The largest absolute Gasteiger partial charge is 0.338 e. The molecule has 1 atom stereocenters. The molecular formula is C21H18ClFN4O2S. The Kier molecular flexibility index (Phi) is 6.06. The van der Waals surface area contributed by atoms with Gasteiger partial charge >= 0.3 is 0 Å². The van der Waals surface area contributed by atoms with Gasteiger partial charge in [0.2, 0.25) is 5.01 Å². The number of anilines is 1. The zero-order valence-corrected chi connectivity index (χ0v) is 17.4. The Bertz CT molecular complexity index is 1060. The van der Waals surface area contributed by atoms with E-state index >= 15 is 0 Å². The van der Waals surface area contributed by atoms with Crippen LogP contribution < -0.4 is 5.32 Å². The highest BCUT2D eigenvalue weighted by Gasteiger charge is 2.28. The van der Waals surface area contributed by atoms with Gasteiger partial charge in [0, 0.05) is 35.3 Å². The maximum atomic E-state index is 13.1. The van der Waals surface area contributed by atoms with Gasteiger partial charge in [0.25, 0.3) is 11.8 Å². The van der Waals surface area contributed by atoms with Gasteiger partial charge in [-0.2, -0.15) is 0 Å². The van der Waals surface area contributed by atoms with E-state index in [4.69, 9.17) is 11.6 Å². The fraction of sp³-hybridized carbons (Fsp3) is 0.238. The number of hydrogen-bond acceptors (Lipinski definition) is 5. The Morgan fingerprint density at radius 2 is 1.83 bits per heavy atom. The molecule has 1 N–H and O–H groups in total. The third-order valence-corrected chi connectivity index (χ3v) is 6.22. The van der Waals surface area contributed by atoms with E-state index < -0.39 is 0 Å². The van der Waals surface area contributed by atoms with Gasteiger partial charge in [-0.3, -0.25) is 9.59 Å². The van der Waals surface area contributed by atoms with Crippen LogP contribution in [0.2, 0.25) is 5.02 Å². The molecule has 2 amide bonds. The lowest BCUT2D eigenvalue weighted by molar-refractivity contribution is 0.0706. The minimum Gasteiger partial charge on any atom is -0.338 e. The molecule has 0 spiro atoms. The number of rotatable bonds is 4. The van der Waals surface area contributed by atoms with Crippen molar-refractivity contribution in [3.63, 3.8) is 0 Å². The molecule has 1 aliphatic rings. The number of hydrogen-bond donors (Lipinski definition) is 1. The number of carbonyl (C=O) groups is 2. The minimum absolute atomic E-state index is 0.0118. The Labute approximate surface area is 181 Å². The predicted octanol–water partition coefficient (Wildman–Crippen LogP) is 4.60. The second-order valence-electron chi connectivity index (χ2n) is 7.00. The van der Waals surface area contributed by atoms with Crippen LogP contribution in [-0.2, 0) is 0 Å². The van der Waals surface area contributed by atoms with Gasteiger partial charge in [0.15, 0.2) is 0 Å². The molecule has 1 aliphatic heterocycles. The highest BCUT2D eigenvalue weighted by atomic mass is 35.5. The molecular weight excluding hydrogens is 427 g/mol. The number of aromatic nitrogens is 2. The van der Waals surface area contributed by atoms with E-state index in [1.54, 1.807) is 29.2 Å². The average molecular weight is 445 g/mol. The number of benzene rings is 2. The van der Waals surface area contributed by atoms with Crippen LogP contribution in [0.1, 0.15) is 43.9 Å². The highest BCUT2D eigenvalue weighted by Crippen LogP contribution is 2.30. The summed E-state index contributed by atoms with van der Waals surface area (Å²) in [6, 6.07) is 12.4. The first-order chi connectivity index (χ1) is 14.5. The van der Waals surface area contributed by atoms with Crippen molar-refractivity contribution in [1.29, 1.82) is 0 Å². The maximum absolute atomic E-state index is 13.1. The molecule has 2 aromatic carbocycles. The average Bonchev–Trinajstić information content (AvgIpc) is 3.26. The second kappa shape index (κ2) is 8.89. The molecule has 1 aromatic heterocycles. The van der Waals surface area contributed by atoms with Crippen molar-refractivity contribution in [2.45, 2.75) is 18.8 Å². The van der Waals surface area contributed by atoms with Gasteiger partial charge in [0.05, 0.1) is 0 Å². The number of carbonyl (C=O) groups excluding carboxylic acids is 2. The molecule has 1 unspecified atom stereocenters. The summed E-state index contributed by atoms with van der Waals surface area (Å²) in [5.41, 5.74) is 1.08. The van der Waals surface area contributed by atoms with Gasteiger partial charge in [-0.1, -0.05) is 22.9 Å². The zero-order valence-electron chi connectivity index (χ0n) is 15.8. The summed E-state index contributed by atoms with van der Waals surface area (Å²) in [6.07, 6.45) is 1.68. The summed E-state index contributed by atoms with van der Waals surface area (Å²) in [5, 5.41) is 12.6. The van der Waals surface area contributed by atoms with E-state index in [0.717, 1.165) is 17.8 Å². The van der Waals surface area contributed by atoms with Crippen LogP contribution in [0, 0.1) is 5.82 Å². The third kappa shape index (κ3) is 4.66. The number of likely N-dealkylation sites (tertiary alicyclic amines) is 1. The van der Waals surface area contributed by atoms with Crippen molar-refractivity contribution in [1.82, 2.24) is 15.1 Å². The zero-order chi connectivity index (χ0) is 21.1. The number of halogens is 2. The van der Waals surface area contributed by atoms with E-state index in [0.29, 0.717) is 29.4 Å². The van der Waals surface area contributed by atoms with E-state index in [1.807, 2.05) is 0 Å². The third-order valence-electron chi connectivity index (χ3n) is 4.89. The topological polar surface area (TPSA) is 75.2 Å². The molecule has 0 radical (unpaired) electrons. The monoisotopic (exact) mass is 444 g/mol. The van der Waals surface area contributed by atoms with Gasteiger partial charge in [0.1, 0.15) is 10.8 Å². The molecule has 0 saturated carbocycles. The molecule has 0 bridgehead atoms. The normalized spacial score (nSPS) is 16.3. The Balaban J connectivity index is 1.42. The number of nitrogens with zero attached hydrogens (tertiary/aromatic N) is 3. The SMILES string of the molecule is O=C(Nc1ccc(Cl)cc1)c1nnc(C2CCCN(C(=O)c3ccc(F)cc3)C2)s1. The van der Waals surface area contributed by atoms with Gasteiger partial charge in [-0.25, -0.2) is 4.39 Å². The summed E-state index contributed by atoms with van der Waals surface area (Å²) in [4.78, 5) is 26.9. The molecule has 154 valence electrons. The Morgan fingerprint density at radius 3 is 2.57 bits per heavy atom. The lowest BCUT2D eigenvalue weighted by Crippen LogP contribution is -2.39. The minimum atomic E-state index is -0.374. The second-order valence-corrected chi connectivity index (χ2v) is 8.45. The van der Waals surface area contributed by atoms with E-state index in [1.165, 1.54) is 35.6 Å². The molecule has 4 rings (SSSR count). The van der Waals surface area contributed by atoms with Crippen molar-refractivity contribution in [2.24, 2.45) is 0 Å². The lowest BCUT2D eigenvalue weighted by Gasteiger charge is -2.31. The van der Waals surface area contributed by atoms with Crippen molar-refractivity contribution in [2.75, 3.05) is 18.4 Å². The first-order valence-electron chi connectivity index (χ1n) is 9.45. The molecule has 0 aliphatic carbocycles. The number of piperidine rings is 1. The maximum Gasteiger partial charge on any atom is 0.286 e. The van der Waals surface area contributed by atoms with Crippen LogP contribution in [0.3, 0.4) is 0 Å². The predicted molar refractivity (Wildman–Crippen MR) is 114 cm³/mol.